The number of carbonyl (C=O) groups is 11. The molecule has 0 saturated carbocycles. The van der Waals surface area contributed by atoms with Gasteiger partial charge in [-0.1, -0.05) is 125 Å². The lowest BCUT2D eigenvalue weighted by atomic mass is 9.92. The van der Waals surface area contributed by atoms with Gasteiger partial charge in [-0.05, 0) is 61.1 Å². The molecule has 476 valence electrons. The molecule has 11 amide bonds. The Morgan fingerprint density at radius 2 is 1.06 bits per heavy atom. The maximum absolute atomic E-state index is 14.6. The second-order valence-corrected chi connectivity index (χ2v) is 22.5. The van der Waals surface area contributed by atoms with E-state index >= 15 is 0 Å². The van der Waals surface area contributed by atoms with E-state index in [9.17, 15) is 73.2 Å². The average Bonchev–Trinajstić information content (AvgIpc) is 3.08. The number of nitrogens with one attached hydrogen (secondary N) is 10. The van der Waals surface area contributed by atoms with Crippen LogP contribution in [0.5, 0.6) is 5.75 Å². The van der Waals surface area contributed by atoms with Crippen LogP contribution in [0.25, 0.3) is 0 Å². The van der Waals surface area contributed by atoms with Gasteiger partial charge in [0.2, 0.25) is 59.1 Å². The van der Waals surface area contributed by atoms with Gasteiger partial charge in [0.05, 0.1) is 19.3 Å². The maximum Gasteiger partial charge on any atom is 0.270 e. The molecular formula is C59H95N11O15. The summed E-state index contributed by atoms with van der Waals surface area (Å²) in [6.07, 6.45) is 2.53. The van der Waals surface area contributed by atoms with Crippen LogP contribution < -0.4 is 53.2 Å². The van der Waals surface area contributed by atoms with Crippen LogP contribution in [0.4, 0.5) is 0 Å². The minimum atomic E-state index is -1.63. The summed E-state index contributed by atoms with van der Waals surface area (Å²) in [5.41, 5.74) is 0.0338. The zero-order valence-electron chi connectivity index (χ0n) is 51.0. The zero-order valence-corrected chi connectivity index (χ0v) is 51.0. The third kappa shape index (κ3) is 22.0. The first-order valence-electron chi connectivity index (χ1n) is 30.0. The maximum atomic E-state index is 14.6. The Kier molecular flexibility index (Phi) is 30.5. The number of aromatic hydroxyl groups is 1. The molecule has 2 fully saturated rings. The van der Waals surface area contributed by atoms with E-state index in [1.54, 1.807) is 55.4 Å². The molecule has 26 heteroatoms. The van der Waals surface area contributed by atoms with Crippen molar-refractivity contribution in [3.63, 3.8) is 0 Å². The largest absolute Gasteiger partial charge is 0.508 e. The number of rotatable bonds is 17. The average molecular weight is 1200 g/mol. The van der Waals surface area contributed by atoms with Gasteiger partial charge in [-0.2, -0.15) is 0 Å². The highest BCUT2D eigenvalue weighted by Crippen LogP contribution is 2.22. The number of phenolic OH excluding ortho intramolecular Hbond substituents is 1. The van der Waals surface area contributed by atoms with Gasteiger partial charge in [-0.25, -0.2) is 0 Å². The highest BCUT2D eigenvalue weighted by atomic mass is 16.3. The topological polar surface area (TPSA) is 392 Å². The summed E-state index contributed by atoms with van der Waals surface area (Å²) in [6.45, 7) is 14.8. The molecule has 26 nitrogen and oxygen atoms in total. The summed E-state index contributed by atoms with van der Waals surface area (Å²) in [5, 5.41) is 67.8. The number of nitrogens with zero attached hydrogens (tertiary/aromatic N) is 1. The van der Waals surface area contributed by atoms with Crippen molar-refractivity contribution in [1.82, 2.24) is 58.1 Å². The van der Waals surface area contributed by atoms with Gasteiger partial charge in [0, 0.05) is 38.5 Å². The first-order valence-corrected chi connectivity index (χ1v) is 30.0. The standard InChI is InChI=1S/C59H95N11O15/c1-11-17-18-19-37-27-45(75)62-43(31-72)53(79)63-40(16-6)59(85)70-30-39(74)28-44(70)54(80)64-41(24-25-71)51(77)65-42(26-36-20-22-38(73)23-21-36)52(78)66-48(33(8)13-3)56(82)68-50(35(10)15-5)58(84)69-49(34(9)14-4)57(83)67-47(32(7)12-2)55(81)60-29-46(76)61-37/h16,20-23,32-35,37,39,41-44,47-50,71-74H,11-15,17-19,24-31H2,1-10H3,(H,60,81)(H,61,76)(H,62,75)(H,63,79)(H,64,80)(H,65,77)(H,66,78)(H,67,83)(H,68,82)(H,69,84)/b40-16+/t32-,33+,34+,35-,37+,39+,41-,42+,43-,44-,47-,48+,49-,50+/m0/s1. The Morgan fingerprint density at radius 1 is 0.565 bits per heavy atom. The summed E-state index contributed by atoms with van der Waals surface area (Å²) in [5.74, 6) is -11.4. The first kappa shape index (κ1) is 72.1. The minimum Gasteiger partial charge on any atom is -0.508 e. The van der Waals surface area contributed by atoms with Gasteiger partial charge in [0.25, 0.3) is 5.91 Å². The van der Waals surface area contributed by atoms with Gasteiger partial charge in [-0.15, -0.1) is 0 Å². The van der Waals surface area contributed by atoms with Gasteiger partial charge in [0.1, 0.15) is 59.8 Å². The SMILES string of the molecule is C/C=C1/NC(=O)[C@H](CO)NC(=O)C[C@@H](CCCCC)NC(=O)CNC(=O)[C@H]([C@@H](C)CC)NC(=O)[C@H]([C@H](C)CC)NC(=O)[C@@H]([C@@H](C)CC)NC(=O)[C@@H]([C@H](C)CC)NC(=O)[C@@H](Cc2ccc(O)cc2)NC(=O)[C@H](CCO)NC(=O)[C@@H]2C[C@@H](O)CN2C1=O. The van der Waals surface area contributed by atoms with Crippen LogP contribution in [0.15, 0.2) is 36.0 Å². The van der Waals surface area contributed by atoms with E-state index in [2.05, 4.69) is 53.2 Å². The molecule has 0 unspecified atom stereocenters. The predicted molar refractivity (Wildman–Crippen MR) is 314 cm³/mol. The normalized spacial score (nSPS) is 27.6. The van der Waals surface area contributed by atoms with Gasteiger partial charge < -0.3 is 78.5 Å². The van der Waals surface area contributed by atoms with Gasteiger partial charge in [-0.3, -0.25) is 52.7 Å². The molecule has 2 saturated heterocycles. The number of benzene rings is 1. The van der Waals surface area contributed by atoms with Crippen molar-refractivity contribution < 1.29 is 73.2 Å². The third-order valence-corrected chi connectivity index (χ3v) is 16.1. The van der Waals surface area contributed by atoms with Crippen molar-refractivity contribution >= 4 is 65.0 Å². The Labute approximate surface area is 498 Å². The molecule has 0 radical (unpaired) electrons. The molecule has 2 heterocycles. The molecule has 0 aromatic heterocycles. The van der Waals surface area contributed by atoms with Crippen LogP contribution in [-0.4, -0.2) is 177 Å². The molecule has 0 spiro atoms. The fourth-order valence-corrected chi connectivity index (χ4v) is 9.81. The molecule has 1 aromatic carbocycles. The van der Waals surface area contributed by atoms with E-state index in [0.29, 0.717) is 44.1 Å². The van der Waals surface area contributed by atoms with Crippen molar-refractivity contribution in [3.8, 4) is 5.75 Å². The molecule has 1 aromatic rings. The number of fused-ring (bicyclic) bond motifs is 1. The first-order chi connectivity index (χ1) is 40.3. The Bertz CT molecular complexity index is 2480. The van der Waals surface area contributed by atoms with E-state index in [0.717, 1.165) is 17.7 Å². The van der Waals surface area contributed by atoms with Crippen molar-refractivity contribution in [2.45, 2.75) is 207 Å². The number of amides is 11. The third-order valence-electron chi connectivity index (χ3n) is 16.1. The van der Waals surface area contributed by atoms with Gasteiger partial charge >= 0.3 is 0 Å². The van der Waals surface area contributed by atoms with Crippen molar-refractivity contribution in [1.29, 1.82) is 0 Å². The number of aliphatic hydroxyl groups is 3. The lowest BCUT2D eigenvalue weighted by Gasteiger charge is -2.32. The van der Waals surface area contributed by atoms with E-state index in [-0.39, 0.29) is 25.0 Å². The number of hydrogen-bond acceptors (Lipinski definition) is 15. The van der Waals surface area contributed by atoms with E-state index in [1.165, 1.54) is 37.3 Å². The Balaban J connectivity index is 2.18. The molecule has 2 aliphatic heterocycles. The number of phenols is 1. The quantitative estimate of drug-likeness (QED) is 0.0688. The molecule has 0 bridgehead atoms. The number of unbranched alkanes of at least 4 members (excludes halogenated alkanes) is 2. The second kappa shape index (κ2) is 36.0. The number of carbonyl (C=O) groups excluding carboxylic acids is 11. The van der Waals surface area contributed by atoms with Crippen LogP contribution in [-0.2, 0) is 59.2 Å². The summed E-state index contributed by atoms with van der Waals surface area (Å²) in [4.78, 5) is 156. The number of hydrogen-bond donors (Lipinski definition) is 14. The number of aliphatic hydroxyl groups excluding tert-OH is 3. The van der Waals surface area contributed by atoms with E-state index < -0.39 is 188 Å². The van der Waals surface area contributed by atoms with Crippen LogP contribution in [0, 0.1) is 23.7 Å². The zero-order chi connectivity index (χ0) is 63.7. The minimum absolute atomic E-state index is 0.0951. The highest BCUT2D eigenvalue weighted by Gasteiger charge is 2.43. The molecule has 2 aliphatic rings. The van der Waals surface area contributed by atoms with Crippen molar-refractivity contribution in [2.75, 3.05) is 26.3 Å². The van der Waals surface area contributed by atoms with Crippen LogP contribution in [0.1, 0.15) is 145 Å². The van der Waals surface area contributed by atoms with Crippen molar-refractivity contribution in [3.05, 3.63) is 41.6 Å². The molecular weight excluding hydrogens is 1100 g/mol. The lowest BCUT2D eigenvalue weighted by molar-refractivity contribution is -0.139. The predicted octanol–water partition coefficient (Wildman–Crippen LogP) is -0.546. The second-order valence-electron chi connectivity index (χ2n) is 22.5. The van der Waals surface area contributed by atoms with Crippen LogP contribution in [0.2, 0.25) is 0 Å². The molecule has 0 aliphatic carbocycles. The highest BCUT2D eigenvalue weighted by molar-refractivity contribution is 6.02. The Hall–Kier alpha value is -7.19. The Morgan fingerprint density at radius 3 is 1.54 bits per heavy atom. The molecule has 3 rings (SSSR count). The summed E-state index contributed by atoms with van der Waals surface area (Å²) >= 11 is 0. The fourth-order valence-electron chi connectivity index (χ4n) is 9.81. The van der Waals surface area contributed by atoms with E-state index in [1.807, 2.05) is 6.92 Å². The lowest BCUT2D eigenvalue weighted by Crippen LogP contribution is -2.63. The summed E-state index contributed by atoms with van der Waals surface area (Å²) < 4.78 is 0. The molecule has 85 heavy (non-hydrogen) atoms. The van der Waals surface area contributed by atoms with Gasteiger partial charge in [0.15, 0.2) is 0 Å². The van der Waals surface area contributed by atoms with Crippen LogP contribution in [0.3, 0.4) is 0 Å². The monoisotopic (exact) mass is 1200 g/mol. The fraction of sp³-hybridized carbons (Fsp3) is 0.678. The smallest absolute Gasteiger partial charge is 0.270 e. The van der Waals surface area contributed by atoms with Crippen molar-refractivity contribution in [2.24, 2.45) is 23.7 Å². The molecule has 14 atom stereocenters. The van der Waals surface area contributed by atoms with Crippen LogP contribution >= 0.6 is 0 Å². The summed E-state index contributed by atoms with van der Waals surface area (Å²) in [6, 6.07) is -6.29. The molecule has 14 N–H and O–H groups in total. The summed E-state index contributed by atoms with van der Waals surface area (Å²) in [7, 11) is 0. The number of allylic oxidation sites excluding steroid dienone is 1. The van der Waals surface area contributed by atoms with E-state index in [4.69, 9.17) is 0 Å².